The van der Waals surface area contributed by atoms with Gasteiger partial charge in [-0.2, -0.15) is 0 Å². The molecule has 2 N–H and O–H groups in total. The Kier molecular flexibility index (Phi) is 3.68. The smallest absolute Gasteiger partial charge is 0.261 e. The van der Waals surface area contributed by atoms with Crippen LogP contribution in [-0.4, -0.2) is 18.4 Å². The molecule has 0 radical (unpaired) electrons. The van der Waals surface area contributed by atoms with Crippen molar-refractivity contribution < 1.29 is 8.42 Å². The Labute approximate surface area is 129 Å². The summed E-state index contributed by atoms with van der Waals surface area (Å²) < 4.78 is 27.4. The fourth-order valence-electron chi connectivity index (χ4n) is 2.10. The normalized spacial score (nSPS) is 11.3. The zero-order valence-corrected chi connectivity index (χ0v) is 12.8. The van der Waals surface area contributed by atoms with E-state index >= 15 is 0 Å². The highest BCUT2D eigenvalue weighted by Crippen LogP contribution is 2.22. The van der Waals surface area contributed by atoms with E-state index in [1.807, 2.05) is 13.0 Å². The van der Waals surface area contributed by atoms with Crippen LogP contribution in [0.1, 0.15) is 5.56 Å². The summed E-state index contributed by atoms with van der Waals surface area (Å²) in [6, 6.07) is 13.9. The average molecular weight is 313 g/mol. The van der Waals surface area contributed by atoms with E-state index in [2.05, 4.69) is 14.7 Å². The molecular formula is C16H15N3O2S. The number of hydrogen-bond donors (Lipinski definition) is 2. The van der Waals surface area contributed by atoms with E-state index in [-0.39, 0.29) is 4.90 Å². The lowest BCUT2D eigenvalue weighted by Crippen LogP contribution is -2.12. The van der Waals surface area contributed by atoms with Gasteiger partial charge in [-0.1, -0.05) is 29.8 Å². The maximum absolute atomic E-state index is 12.4. The van der Waals surface area contributed by atoms with Crippen molar-refractivity contribution in [2.24, 2.45) is 0 Å². The van der Waals surface area contributed by atoms with Gasteiger partial charge in [-0.05, 0) is 31.2 Å². The molecule has 112 valence electrons. The molecule has 5 nitrogen and oxygen atoms in total. The molecule has 6 heteroatoms. The summed E-state index contributed by atoms with van der Waals surface area (Å²) in [4.78, 5) is 7.20. The number of H-pyrrole nitrogens is 1. The molecule has 1 aromatic heterocycles. The van der Waals surface area contributed by atoms with Gasteiger partial charge >= 0.3 is 0 Å². The fourth-order valence-corrected chi connectivity index (χ4v) is 3.14. The van der Waals surface area contributed by atoms with Gasteiger partial charge in [0.15, 0.2) is 0 Å². The second-order valence-electron chi connectivity index (χ2n) is 4.96. The summed E-state index contributed by atoms with van der Waals surface area (Å²) in [5, 5.41) is 0. The number of hydrogen-bond acceptors (Lipinski definition) is 3. The molecule has 0 amide bonds. The van der Waals surface area contributed by atoms with Gasteiger partial charge in [0.25, 0.3) is 10.0 Å². The Morgan fingerprint density at radius 1 is 1.09 bits per heavy atom. The van der Waals surface area contributed by atoms with Crippen molar-refractivity contribution in [3.8, 4) is 11.3 Å². The molecule has 0 spiro atoms. The summed E-state index contributed by atoms with van der Waals surface area (Å²) in [7, 11) is -3.59. The molecule has 0 bridgehead atoms. The fraction of sp³-hybridized carbons (Fsp3) is 0.0625. The van der Waals surface area contributed by atoms with Crippen LogP contribution in [-0.2, 0) is 10.0 Å². The number of anilines is 1. The van der Waals surface area contributed by atoms with Crippen LogP contribution in [0.2, 0.25) is 0 Å². The first-order valence-electron chi connectivity index (χ1n) is 6.73. The van der Waals surface area contributed by atoms with E-state index in [1.54, 1.807) is 55.0 Å². The Bertz CT molecular complexity index is 870. The first-order valence-corrected chi connectivity index (χ1v) is 8.21. The predicted molar refractivity (Wildman–Crippen MR) is 86.0 cm³/mol. The second kappa shape index (κ2) is 5.65. The monoisotopic (exact) mass is 313 g/mol. The van der Waals surface area contributed by atoms with Crippen LogP contribution in [0.3, 0.4) is 0 Å². The van der Waals surface area contributed by atoms with Crippen molar-refractivity contribution in [3.05, 3.63) is 66.6 Å². The van der Waals surface area contributed by atoms with Gasteiger partial charge < -0.3 is 4.98 Å². The van der Waals surface area contributed by atoms with Crippen LogP contribution in [0.5, 0.6) is 0 Å². The largest absolute Gasteiger partial charge is 0.345 e. The van der Waals surface area contributed by atoms with Crippen molar-refractivity contribution in [3.63, 3.8) is 0 Å². The molecule has 0 fully saturated rings. The zero-order valence-electron chi connectivity index (χ0n) is 11.9. The highest BCUT2D eigenvalue weighted by Gasteiger charge is 2.14. The lowest BCUT2D eigenvalue weighted by atomic mass is 10.1. The highest BCUT2D eigenvalue weighted by atomic mass is 32.2. The van der Waals surface area contributed by atoms with Crippen LogP contribution in [0.4, 0.5) is 5.69 Å². The molecule has 0 unspecified atom stereocenters. The van der Waals surface area contributed by atoms with Crippen molar-refractivity contribution in [2.45, 2.75) is 11.8 Å². The summed E-state index contributed by atoms with van der Waals surface area (Å²) in [6.07, 6.45) is 3.27. The third kappa shape index (κ3) is 3.01. The third-order valence-electron chi connectivity index (χ3n) is 3.26. The minimum Gasteiger partial charge on any atom is -0.345 e. The minimum atomic E-state index is -3.59. The molecule has 2 aromatic carbocycles. The van der Waals surface area contributed by atoms with Crippen molar-refractivity contribution in [1.29, 1.82) is 0 Å². The number of imidazole rings is 1. The topological polar surface area (TPSA) is 74.8 Å². The van der Waals surface area contributed by atoms with E-state index in [9.17, 15) is 8.42 Å². The molecule has 0 atom stereocenters. The predicted octanol–water partition coefficient (Wildman–Crippen LogP) is 3.19. The number of benzene rings is 2. The van der Waals surface area contributed by atoms with Gasteiger partial charge in [-0.25, -0.2) is 13.4 Å². The first kappa shape index (κ1) is 14.3. The molecule has 3 rings (SSSR count). The Morgan fingerprint density at radius 2 is 1.86 bits per heavy atom. The van der Waals surface area contributed by atoms with E-state index in [0.717, 1.165) is 16.8 Å². The van der Waals surface area contributed by atoms with Crippen LogP contribution < -0.4 is 4.72 Å². The van der Waals surface area contributed by atoms with Crippen LogP contribution in [0.15, 0.2) is 66.0 Å². The number of aromatic nitrogens is 2. The van der Waals surface area contributed by atoms with Gasteiger partial charge in [0.2, 0.25) is 0 Å². The maximum atomic E-state index is 12.4. The lowest BCUT2D eigenvalue weighted by Gasteiger charge is -2.09. The van der Waals surface area contributed by atoms with Crippen LogP contribution in [0.25, 0.3) is 11.3 Å². The molecule has 0 saturated heterocycles. The van der Waals surface area contributed by atoms with E-state index < -0.39 is 10.0 Å². The number of sulfonamides is 1. The summed E-state index contributed by atoms with van der Waals surface area (Å²) in [5.74, 6) is 0. The van der Waals surface area contributed by atoms with Crippen molar-refractivity contribution in [2.75, 3.05) is 4.72 Å². The molecule has 3 aromatic rings. The third-order valence-corrected chi connectivity index (χ3v) is 4.65. The molecule has 0 saturated carbocycles. The molecule has 0 aliphatic rings. The average Bonchev–Trinajstić information content (AvgIpc) is 3.02. The molecule has 0 aliphatic carbocycles. The minimum absolute atomic E-state index is 0.241. The van der Waals surface area contributed by atoms with E-state index in [0.29, 0.717) is 5.69 Å². The number of aromatic amines is 1. The molecular weight excluding hydrogens is 298 g/mol. The van der Waals surface area contributed by atoms with E-state index in [1.165, 1.54) is 0 Å². The lowest BCUT2D eigenvalue weighted by molar-refractivity contribution is 0.601. The SMILES string of the molecule is Cc1ccc(S(=O)(=O)Nc2cccc(-c3cnc[nH]3)c2)cc1. The van der Waals surface area contributed by atoms with Crippen molar-refractivity contribution >= 4 is 15.7 Å². The number of nitrogens with one attached hydrogen (secondary N) is 2. The van der Waals surface area contributed by atoms with Gasteiger partial charge in [-0.3, -0.25) is 4.72 Å². The maximum Gasteiger partial charge on any atom is 0.261 e. The number of nitrogens with zero attached hydrogens (tertiary/aromatic N) is 1. The number of rotatable bonds is 4. The summed E-state index contributed by atoms with van der Waals surface area (Å²) in [6.45, 7) is 1.91. The van der Waals surface area contributed by atoms with Gasteiger partial charge in [0.05, 0.1) is 23.1 Å². The van der Waals surface area contributed by atoms with Crippen molar-refractivity contribution in [1.82, 2.24) is 9.97 Å². The molecule has 0 aliphatic heterocycles. The standard InChI is InChI=1S/C16H15N3O2S/c1-12-5-7-15(8-6-12)22(20,21)19-14-4-2-3-13(9-14)16-10-17-11-18-16/h2-11,19H,1H3,(H,17,18). The highest BCUT2D eigenvalue weighted by molar-refractivity contribution is 7.92. The summed E-state index contributed by atoms with van der Waals surface area (Å²) in [5.41, 5.74) is 3.21. The van der Waals surface area contributed by atoms with Gasteiger partial charge in [0, 0.05) is 11.3 Å². The molecule has 1 heterocycles. The Balaban J connectivity index is 1.89. The quantitative estimate of drug-likeness (QED) is 0.777. The van der Waals surface area contributed by atoms with Crippen LogP contribution >= 0.6 is 0 Å². The summed E-state index contributed by atoms with van der Waals surface area (Å²) >= 11 is 0. The first-order chi connectivity index (χ1) is 10.5. The Hall–Kier alpha value is -2.60. The second-order valence-corrected chi connectivity index (χ2v) is 6.65. The van der Waals surface area contributed by atoms with Gasteiger partial charge in [0.1, 0.15) is 0 Å². The molecule has 22 heavy (non-hydrogen) atoms. The van der Waals surface area contributed by atoms with E-state index in [4.69, 9.17) is 0 Å². The van der Waals surface area contributed by atoms with Crippen LogP contribution in [0, 0.1) is 6.92 Å². The van der Waals surface area contributed by atoms with Gasteiger partial charge in [-0.15, -0.1) is 0 Å². The number of aryl methyl sites for hydroxylation is 1. The zero-order chi connectivity index (χ0) is 15.6. The Morgan fingerprint density at radius 3 is 2.55 bits per heavy atom.